The summed E-state index contributed by atoms with van der Waals surface area (Å²) in [5.74, 6) is 0.855. The van der Waals surface area contributed by atoms with Crippen LogP contribution in [0.25, 0.3) is 16.9 Å². The lowest BCUT2D eigenvalue weighted by atomic mass is 9.99. The van der Waals surface area contributed by atoms with Crippen LogP contribution in [0, 0.1) is 0 Å². The van der Waals surface area contributed by atoms with Gasteiger partial charge < -0.3 is 9.73 Å². The van der Waals surface area contributed by atoms with Crippen LogP contribution in [0.1, 0.15) is 22.1 Å². The van der Waals surface area contributed by atoms with Gasteiger partial charge in [0, 0.05) is 16.1 Å². The second kappa shape index (κ2) is 11.5. The van der Waals surface area contributed by atoms with Gasteiger partial charge in [0.05, 0.1) is 35.2 Å². The Hall–Kier alpha value is -4.27. The zero-order chi connectivity index (χ0) is 27.5. The normalized spacial score (nSPS) is 15.0. The first-order valence-electron chi connectivity index (χ1n) is 12.8. The molecule has 200 valence electrons. The molecule has 0 bridgehead atoms. The zero-order valence-corrected chi connectivity index (χ0v) is 22.9. The van der Waals surface area contributed by atoms with Gasteiger partial charge in [0.2, 0.25) is 11.8 Å². The molecule has 0 radical (unpaired) electrons. The molecule has 40 heavy (non-hydrogen) atoms. The molecule has 2 amide bonds. The Morgan fingerprint density at radius 3 is 2.42 bits per heavy atom. The third-order valence-electron chi connectivity index (χ3n) is 6.67. The van der Waals surface area contributed by atoms with Crippen molar-refractivity contribution in [1.29, 1.82) is 0 Å². The molecule has 7 nitrogen and oxygen atoms in total. The summed E-state index contributed by atoms with van der Waals surface area (Å²) in [7, 11) is 0. The minimum atomic E-state index is -0.307. The number of carbonyl (C=O) groups is 2. The molecule has 0 fully saturated rings. The van der Waals surface area contributed by atoms with E-state index in [1.54, 1.807) is 28.0 Å². The Kier molecular flexibility index (Phi) is 7.44. The van der Waals surface area contributed by atoms with Crippen molar-refractivity contribution in [3.05, 3.63) is 125 Å². The van der Waals surface area contributed by atoms with Crippen molar-refractivity contribution < 1.29 is 14.0 Å². The molecule has 0 saturated carbocycles. The Labute approximate surface area is 240 Å². The summed E-state index contributed by atoms with van der Waals surface area (Å²) in [6.45, 7) is 0.0556. The number of amides is 2. The maximum Gasteiger partial charge on any atom is 0.240 e. The van der Waals surface area contributed by atoms with Gasteiger partial charge in [0.15, 0.2) is 0 Å². The summed E-state index contributed by atoms with van der Waals surface area (Å²) in [6, 6.07) is 30.7. The van der Waals surface area contributed by atoms with Crippen molar-refractivity contribution in [3.63, 3.8) is 0 Å². The van der Waals surface area contributed by atoms with E-state index in [0.29, 0.717) is 16.6 Å². The highest BCUT2D eigenvalue weighted by Gasteiger charge is 2.38. The molecule has 1 atom stereocenters. The lowest BCUT2D eigenvalue weighted by Gasteiger charge is -2.23. The van der Waals surface area contributed by atoms with E-state index in [2.05, 4.69) is 5.32 Å². The highest BCUT2D eigenvalue weighted by atomic mass is 35.5. The van der Waals surface area contributed by atoms with Crippen LogP contribution in [0.3, 0.4) is 0 Å². The lowest BCUT2D eigenvalue weighted by molar-refractivity contribution is -0.123. The molecular weight excluding hydrogens is 544 g/mol. The van der Waals surface area contributed by atoms with Crippen molar-refractivity contribution in [1.82, 2.24) is 15.1 Å². The number of para-hydroxylation sites is 1. The lowest BCUT2D eigenvalue weighted by Crippen LogP contribution is -2.42. The summed E-state index contributed by atoms with van der Waals surface area (Å²) in [6.07, 6.45) is 1.56. The first kappa shape index (κ1) is 26.0. The number of nitrogens with zero attached hydrogens (tertiary/aromatic N) is 3. The highest BCUT2D eigenvalue weighted by molar-refractivity contribution is 8.00. The van der Waals surface area contributed by atoms with Crippen LogP contribution in [0.5, 0.6) is 0 Å². The van der Waals surface area contributed by atoms with Gasteiger partial charge in [-0.25, -0.2) is 4.68 Å². The molecule has 5 aromatic rings. The molecule has 3 aromatic carbocycles. The molecule has 6 rings (SSSR count). The number of aromatic nitrogens is 2. The van der Waals surface area contributed by atoms with E-state index in [1.165, 1.54) is 11.8 Å². The van der Waals surface area contributed by atoms with Gasteiger partial charge in [-0.05, 0) is 35.9 Å². The minimum absolute atomic E-state index is 0.166. The number of fused-ring (bicyclic) bond motifs is 1. The second-order valence-electron chi connectivity index (χ2n) is 9.25. The van der Waals surface area contributed by atoms with E-state index < -0.39 is 0 Å². The van der Waals surface area contributed by atoms with Crippen LogP contribution in [0.2, 0.25) is 5.02 Å². The quantitative estimate of drug-likeness (QED) is 0.250. The second-order valence-corrected chi connectivity index (χ2v) is 10.7. The fourth-order valence-corrected chi connectivity index (χ4v) is 6.35. The standard InChI is InChI=1S/C31H25ClN4O3S/c32-25-16-8-7-15-24(25)30-28-29(21-10-3-1-4-11-21)34-36(22-12-5-2-6-13-22)31(28)35(27(38)20-40-30)19-26(37)33-18-23-14-9-17-39-23/h1-17,30H,18-20H2,(H,33,37)/t30-/m1/s1. The van der Waals surface area contributed by atoms with Gasteiger partial charge in [-0.1, -0.05) is 78.3 Å². The first-order chi connectivity index (χ1) is 19.6. The number of rotatable bonds is 7. The summed E-state index contributed by atoms with van der Waals surface area (Å²) in [5.41, 5.74) is 4.13. The highest BCUT2D eigenvalue weighted by Crippen LogP contribution is 2.49. The number of benzene rings is 3. The predicted molar refractivity (Wildman–Crippen MR) is 158 cm³/mol. The molecule has 1 aliphatic rings. The fraction of sp³-hybridized carbons (Fsp3) is 0.129. The van der Waals surface area contributed by atoms with Crippen molar-refractivity contribution >= 4 is 41.0 Å². The molecule has 0 spiro atoms. The van der Waals surface area contributed by atoms with Crippen LogP contribution >= 0.6 is 23.4 Å². The van der Waals surface area contributed by atoms with Gasteiger partial charge in [0.25, 0.3) is 0 Å². The SMILES string of the molecule is O=C(CN1C(=O)CS[C@H](c2ccccc2Cl)c2c(-c3ccccc3)nn(-c3ccccc3)c21)NCc1ccco1. The average Bonchev–Trinajstić information content (AvgIpc) is 3.63. The van der Waals surface area contributed by atoms with Gasteiger partial charge in [-0.3, -0.25) is 14.5 Å². The van der Waals surface area contributed by atoms with Crippen LogP contribution in [0.4, 0.5) is 5.82 Å². The minimum Gasteiger partial charge on any atom is -0.467 e. The largest absolute Gasteiger partial charge is 0.467 e. The summed E-state index contributed by atoms with van der Waals surface area (Å²) in [5, 5.41) is 8.26. The molecular formula is C31H25ClN4O3S. The average molecular weight is 569 g/mol. The van der Waals surface area contributed by atoms with Crippen LogP contribution in [-0.2, 0) is 16.1 Å². The smallest absolute Gasteiger partial charge is 0.240 e. The molecule has 9 heteroatoms. The van der Waals surface area contributed by atoms with Crippen molar-refractivity contribution in [2.75, 3.05) is 17.2 Å². The monoisotopic (exact) mass is 568 g/mol. The maximum absolute atomic E-state index is 13.8. The van der Waals surface area contributed by atoms with Crippen LogP contribution in [0.15, 0.2) is 108 Å². The van der Waals surface area contributed by atoms with E-state index in [-0.39, 0.29) is 35.9 Å². The Balaban J connectivity index is 1.53. The number of thioether (sulfide) groups is 1. The van der Waals surface area contributed by atoms with E-state index in [4.69, 9.17) is 21.1 Å². The fourth-order valence-electron chi connectivity index (χ4n) is 4.81. The van der Waals surface area contributed by atoms with Crippen LogP contribution in [-0.4, -0.2) is 33.9 Å². The molecule has 3 heterocycles. The number of anilines is 1. The predicted octanol–water partition coefficient (Wildman–Crippen LogP) is 6.27. The van der Waals surface area contributed by atoms with Gasteiger partial charge in [-0.15, -0.1) is 11.8 Å². The number of nitrogens with one attached hydrogen (secondary N) is 1. The number of halogens is 1. The van der Waals surface area contributed by atoms with Crippen LogP contribution < -0.4 is 10.2 Å². The maximum atomic E-state index is 13.8. The topological polar surface area (TPSA) is 80.4 Å². The van der Waals surface area contributed by atoms with Crippen molar-refractivity contribution in [2.24, 2.45) is 0 Å². The third-order valence-corrected chi connectivity index (χ3v) is 8.25. The summed E-state index contributed by atoms with van der Waals surface area (Å²) in [4.78, 5) is 28.5. The number of carbonyl (C=O) groups excluding carboxylic acids is 2. The zero-order valence-electron chi connectivity index (χ0n) is 21.4. The summed E-state index contributed by atoms with van der Waals surface area (Å²) < 4.78 is 7.12. The summed E-state index contributed by atoms with van der Waals surface area (Å²) >= 11 is 8.22. The molecule has 2 aromatic heterocycles. The Morgan fingerprint density at radius 2 is 1.70 bits per heavy atom. The third kappa shape index (κ3) is 5.15. The Morgan fingerprint density at radius 1 is 0.975 bits per heavy atom. The van der Waals surface area contributed by atoms with Crippen molar-refractivity contribution in [3.8, 4) is 16.9 Å². The van der Waals surface area contributed by atoms with E-state index >= 15 is 0 Å². The first-order valence-corrected chi connectivity index (χ1v) is 14.2. The number of hydrogen-bond acceptors (Lipinski definition) is 5. The van der Waals surface area contributed by atoms with Gasteiger partial charge >= 0.3 is 0 Å². The van der Waals surface area contributed by atoms with Crippen molar-refractivity contribution in [2.45, 2.75) is 11.8 Å². The molecule has 0 saturated heterocycles. The van der Waals surface area contributed by atoms with Gasteiger partial charge in [0.1, 0.15) is 18.1 Å². The molecule has 0 unspecified atom stereocenters. The van der Waals surface area contributed by atoms with E-state index in [0.717, 1.165) is 28.1 Å². The number of hydrogen-bond donors (Lipinski definition) is 1. The van der Waals surface area contributed by atoms with E-state index in [1.807, 2.05) is 84.9 Å². The molecule has 1 aliphatic heterocycles. The van der Waals surface area contributed by atoms with E-state index in [9.17, 15) is 9.59 Å². The van der Waals surface area contributed by atoms with Gasteiger partial charge in [-0.2, -0.15) is 5.10 Å². The number of furan rings is 1. The Bertz CT molecular complexity index is 1640. The molecule has 1 N–H and O–H groups in total. The molecule has 0 aliphatic carbocycles.